The molecule has 0 amide bonds. The van der Waals surface area contributed by atoms with Crippen molar-refractivity contribution in [3.05, 3.63) is 12.2 Å². The molecule has 1 fully saturated rings. The van der Waals surface area contributed by atoms with Crippen LogP contribution in [0.1, 0.15) is 6.92 Å². The minimum absolute atomic E-state index is 0.190. The second-order valence-electron chi connectivity index (χ2n) is 2.98. The molecule has 1 saturated heterocycles. The molecule has 0 aliphatic carbocycles. The van der Waals surface area contributed by atoms with Crippen LogP contribution in [0, 0.1) is 0 Å². The minimum atomic E-state index is 0.190. The minimum Gasteiger partial charge on any atom is -0.395 e. The lowest BCUT2D eigenvalue weighted by molar-refractivity contribution is -0.0219. The molecule has 0 saturated carbocycles. The first kappa shape index (κ1) is 9.71. The number of ether oxygens (including phenoxy) is 1. The highest BCUT2D eigenvalue weighted by atomic mass is 16.5. The van der Waals surface area contributed by atoms with Crippen molar-refractivity contribution in [2.45, 2.75) is 13.0 Å². The van der Waals surface area contributed by atoms with E-state index in [-0.39, 0.29) is 12.6 Å². The lowest BCUT2D eigenvalue weighted by Crippen LogP contribution is -2.47. The largest absolute Gasteiger partial charge is 0.395 e. The van der Waals surface area contributed by atoms with Gasteiger partial charge in [0.25, 0.3) is 0 Å². The van der Waals surface area contributed by atoms with Crippen molar-refractivity contribution in [3.8, 4) is 0 Å². The molecule has 12 heavy (non-hydrogen) atoms. The number of rotatable bonds is 3. The van der Waals surface area contributed by atoms with E-state index in [2.05, 4.69) is 11.0 Å². The fourth-order valence-corrected chi connectivity index (χ4v) is 1.34. The summed E-state index contributed by atoms with van der Waals surface area (Å²) in [5.41, 5.74) is 0. The average Bonchev–Trinajstić information content (AvgIpc) is 2.15. The van der Waals surface area contributed by atoms with Crippen molar-refractivity contribution in [1.29, 1.82) is 0 Å². The van der Waals surface area contributed by atoms with Crippen LogP contribution in [0.3, 0.4) is 0 Å². The summed E-state index contributed by atoms with van der Waals surface area (Å²) in [6.07, 6.45) is 4.14. The third-order valence-electron chi connectivity index (χ3n) is 2.14. The van der Waals surface area contributed by atoms with Gasteiger partial charge in [-0.25, -0.2) is 0 Å². The number of hydrogen-bond acceptors (Lipinski definition) is 3. The van der Waals surface area contributed by atoms with Gasteiger partial charge in [-0.1, -0.05) is 12.2 Å². The Bertz CT molecular complexity index is 147. The normalized spacial score (nSPS) is 26.7. The second kappa shape index (κ2) is 5.30. The predicted molar refractivity (Wildman–Crippen MR) is 48.1 cm³/mol. The van der Waals surface area contributed by atoms with Crippen LogP contribution in [0.4, 0.5) is 0 Å². The molecule has 1 heterocycles. The highest BCUT2D eigenvalue weighted by molar-refractivity contribution is 4.85. The van der Waals surface area contributed by atoms with E-state index in [0.717, 1.165) is 19.7 Å². The van der Waals surface area contributed by atoms with Crippen molar-refractivity contribution in [3.63, 3.8) is 0 Å². The molecule has 1 aliphatic heterocycles. The van der Waals surface area contributed by atoms with Crippen molar-refractivity contribution in [2.75, 3.05) is 32.9 Å². The van der Waals surface area contributed by atoms with Crippen LogP contribution < -0.4 is 0 Å². The van der Waals surface area contributed by atoms with Crippen LogP contribution in [-0.2, 0) is 4.74 Å². The maximum atomic E-state index is 9.02. The van der Waals surface area contributed by atoms with E-state index < -0.39 is 0 Å². The quantitative estimate of drug-likeness (QED) is 0.618. The summed E-state index contributed by atoms with van der Waals surface area (Å²) in [6, 6.07) is 0.190. The highest BCUT2D eigenvalue weighted by Crippen LogP contribution is 2.05. The Morgan fingerprint density at radius 1 is 1.67 bits per heavy atom. The molecule has 0 aromatic rings. The molecule has 0 unspecified atom stereocenters. The molecular formula is C9H17NO2. The standard InChI is InChI=1S/C9H17NO2/c1-2-3-4-10-5-6-12-8-9(10)7-11/h2-3,9,11H,4-8H2,1H3/b3-2+/t9-/m1/s1. The monoisotopic (exact) mass is 171 g/mol. The van der Waals surface area contributed by atoms with Crippen molar-refractivity contribution >= 4 is 0 Å². The van der Waals surface area contributed by atoms with Crippen LogP contribution in [-0.4, -0.2) is 49.0 Å². The van der Waals surface area contributed by atoms with Gasteiger partial charge in [-0.05, 0) is 6.92 Å². The van der Waals surface area contributed by atoms with Gasteiger partial charge in [0.2, 0.25) is 0 Å². The van der Waals surface area contributed by atoms with Crippen LogP contribution in [0.2, 0.25) is 0 Å². The molecule has 0 bridgehead atoms. The number of aliphatic hydroxyl groups is 1. The van der Waals surface area contributed by atoms with Gasteiger partial charge in [0.1, 0.15) is 0 Å². The summed E-state index contributed by atoms with van der Waals surface area (Å²) in [5, 5.41) is 9.02. The van der Waals surface area contributed by atoms with E-state index in [1.165, 1.54) is 0 Å². The predicted octanol–water partition coefficient (Wildman–Crippen LogP) is 0.256. The van der Waals surface area contributed by atoms with Crippen LogP contribution >= 0.6 is 0 Å². The highest BCUT2D eigenvalue weighted by Gasteiger charge is 2.20. The Morgan fingerprint density at radius 2 is 2.50 bits per heavy atom. The summed E-state index contributed by atoms with van der Waals surface area (Å²) < 4.78 is 5.26. The molecule has 0 radical (unpaired) electrons. The van der Waals surface area contributed by atoms with E-state index in [1.54, 1.807) is 0 Å². The Balaban J connectivity index is 2.36. The maximum Gasteiger partial charge on any atom is 0.0644 e. The molecule has 3 heteroatoms. The van der Waals surface area contributed by atoms with Gasteiger partial charge in [0.15, 0.2) is 0 Å². The summed E-state index contributed by atoms with van der Waals surface area (Å²) in [4.78, 5) is 2.24. The smallest absolute Gasteiger partial charge is 0.0644 e. The summed E-state index contributed by atoms with van der Waals surface area (Å²) in [6.45, 7) is 5.49. The van der Waals surface area contributed by atoms with Crippen LogP contribution in [0.25, 0.3) is 0 Å². The van der Waals surface area contributed by atoms with E-state index in [1.807, 2.05) is 13.0 Å². The zero-order valence-electron chi connectivity index (χ0n) is 7.57. The first-order valence-corrected chi connectivity index (χ1v) is 4.42. The molecule has 70 valence electrons. The number of allylic oxidation sites excluding steroid dienone is 1. The first-order valence-electron chi connectivity index (χ1n) is 4.42. The lowest BCUT2D eigenvalue weighted by Gasteiger charge is -2.33. The number of hydrogen-bond donors (Lipinski definition) is 1. The molecule has 1 rings (SSSR count). The zero-order valence-corrected chi connectivity index (χ0v) is 7.57. The Morgan fingerprint density at radius 3 is 3.17 bits per heavy atom. The molecule has 3 nitrogen and oxygen atoms in total. The number of nitrogens with zero attached hydrogens (tertiary/aromatic N) is 1. The van der Waals surface area contributed by atoms with Crippen molar-refractivity contribution in [1.82, 2.24) is 4.90 Å². The number of morpholine rings is 1. The Labute approximate surface area is 73.6 Å². The fraction of sp³-hybridized carbons (Fsp3) is 0.778. The number of aliphatic hydroxyl groups excluding tert-OH is 1. The first-order chi connectivity index (χ1) is 5.88. The van der Waals surface area contributed by atoms with Gasteiger partial charge >= 0.3 is 0 Å². The van der Waals surface area contributed by atoms with Gasteiger partial charge in [0.05, 0.1) is 25.9 Å². The topological polar surface area (TPSA) is 32.7 Å². The van der Waals surface area contributed by atoms with E-state index in [9.17, 15) is 0 Å². The van der Waals surface area contributed by atoms with Crippen LogP contribution in [0.15, 0.2) is 12.2 Å². The maximum absolute atomic E-state index is 9.02. The summed E-state index contributed by atoms with van der Waals surface area (Å²) in [7, 11) is 0. The molecule has 0 spiro atoms. The van der Waals surface area contributed by atoms with Crippen molar-refractivity contribution in [2.24, 2.45) is 0 Å². The van der Waals surface area contributed by atoms with Gasteiger partial charge in [-0.3, -0.25) is 4.90 Å². The SMILES string of the molecule is C/C=C/CN1CCOC[C@H]1CO. The molecule has 1 N–H and O–H groups in total. The van der Waals surface area contributed by atoms with E-state index >= 15 is 0 Å². The van der Waals surface area contributed by atoms with Crippen molar-refractivity contribution < 1.29 is 9.84 Å². The fourth-order valence-electron chi connectivity index (χ4n) is 1.34. The van der Waals surface area contributed by atoms with Gasteiger partial charge in [0, 0.05) is 13.1 Å². The van der Waals surface area contributed by atoms with Gasteiger partial charge < -0.3 is 9.84 Å². The zero-order chi connectivity index (χ0) is 8.81. The summed E-state index contributed by atoms with van der Waals surface area (Å²) >= 11 is 0. The van der Waals surface area contributed by atoms with Crippen LogP contribution in [0.5, 0.6) is 0 Å². The van der Waals surface area contributed by atoms with E-state index in [4.69, 9.17) is 9.84 Å². The molecule has 1 atom stereocenters. The average molecular weight is 171 g/mol. The second-order valence-corrected chi connectivity index (χ2v) is 2.98. The molecular weight excluding hydrogens is 154 g/mol. The molecule has 0 aromatic heterocycles. The summed E-state index contributed by atoms with van der Waals surface area (Å²) in [5.74, 6) is 0. The third kappa shape index (κ3) is 2.59. The molecule has 0 aromatic carbocycles. The van der Waals surface area contributed by atoms with E-state index in [0.29, 0.717) is 6.61 Å². The van der Waals surface area contributed by atoms with Gasteiger partial charge in [-0.2, -0.15) is 0 Å². The lowest BCUT2D eigenvalue weighted by atomic mass is 10.2. The molecule has 1 aliphatic rings. The Hall–Kier alpha value is -0.380. The Kier molecular flexibility index (Phi) is 4.29. The third-order valence-corrected chi connectivity index (χ3v) is 2.14. The van der Waals surface area contributed by atoms with Gasteiger partial charge in [-0.15, -0.1) is 0 Å².